The third-order valence-electron chi connectivity index (χ3n) is 5.56. The van der Waals surface area contributed by atoms with Crippen LogP contribution in [0.5, 0.6) is 0 Å². The van der Waals surface area contributed by atoms with Crippen molar-refractivity contribution in [1.82, 2.24) is 19.7 Å². The molecule has 5 heteroatoms. The van der Waals surface area contributed by atoms with Crippen LogP contribution in [0.4, 0.5) is 0 Å². The standard InChI is InChI=1S/C22H24N4O/c1-16(17-9-11-21(12-10-17)26-15-23-14-24-26)25(2)22(27)20-8-7-18-5-3-4-6-19(18)13-20/h7-16H,3-6H2,1-2H3. The van der Waals surface area contributed by atoms with E-state index in [-0.39, 0.29) is 11.9 Å². The Balaban J connectivity index is 1.51. The zero-order valence-electron chi connectivity index (χ0n) is 15.8. The lowest BCUT2D eigenvalue weighted by molar-refractivity contribution is 0.0742. The van der Waals surface area contributed by atoms with Crippen molar-refractivity contribution in [3.05, 3.63) is 77.4 Å². The highest BCUT2D eigenvalue weighted by Crippen LogP contribution is 2.25. The zero-order chi connectivity index (χ0) is 18.8. The van der Waals surface area contributed by atoms with Gasteiger partial charge in [-0.3, -0.25) is 4.79 Å². The van der Waals surface area contributed by atoms with E-state index in [9.17, 15) is 4.79 Å². The number of hydrogen-bond donors (Lipinski definition) is 0. The lowest BCUT2D eigenvalue weighted by Crippen LogP contribution is -2.29. The quantitative estimate of drug-likeness (QED) is 0.707. The van der Waals surface area contributed by atoms with Crippen LogP contribution >= 0.6 is 0 Å². The third kappa shape index (κ3) is 3.50. The lowest BCUT2D eigenvalue weighted by Gasteiger charge is -2.26. The highest BCUT2D eigenvalue weighted by molar-refractivity contribution is 5.94. The molecule has 1 aliphatic carbocycles. The van der Waals surface area contributed by atoms with Crippen LogP contribution in [0.15, 0.2) is 55.1 Å². The molecule has 4 rings (SSSR count). The summed E-state index contributed by atoms with van der Waals surface area (Å²) in [6.07, 6.45) is 7.87. The van der Waals surface area contributed by atoms with Crippen molar-refractivity contribution in [1.29, 1.82) is 0 Å². The summed E-state index contributed by atoms with van der Waals surface area (Å²) >= 11 is 0. The first-order valence-electron chi connectivity index (χ1n) is 9.47. The molecule has 1 atom stereocenters. The Morgan fingerprint density at radius 2 is 1.81 bits per heavy atom. The van der Waals surface area contributed by atoms with Crippen LogP contribution in [0.2, 0.25) is 0 Å². The second kappa shape index (κ2) is 7.35. The van der Waals surface area contributed by atoms with E-state index in [1.54, 1.807) is 11.0 Å². The number of aryl methyl sites for hydroxylation is 2. The molecule has 1 aromatic heterocycles. The molecule has 1 unspecified atom stereocenters. The fraction of sp³-hybridized carbons (Fsp3) is 0.318. The van der Waals surface area contributed by atoms with Crippen molar-refractivity contribution in [2.75, 3.05) is 7.05 Å². The monoisotopic (exact) mass is 360 g/mol. The second-order valence-electron chi connectivity index (χ2n) is 7.21. The highest BCUT2D eigenvalue weighted by Gasteiger charge is 2.20. The number of benzene rings is 2. The van der Waals surface area contributed by atoms with Gasteiger partial charge in [-0.15, -0.1) is 0 Å². The number of amides is 1. The molecule has 1 aliphatic rings. The molecule has 0 N–H and O–H groups in total. The number of rotatable bonds is 4. The Bertz CT molecular complexity index is 931. The fourth-order valence-electron chi connectivity index (χ4n) is 3.72. The summed E-state index contributed by atoms with van der Waals surface area (Å²) in [6, 6.07) is 14.3. The van der Waals surface area contributed by atoms with Crippen LogP contribution in [0.3, 0.4) is 0 Å². The van der Waals surface area contributed by atoms with Gasteiger partial charge in [0.15, 0.2) is 0 Å². The maximum atomic E-state index is 13.0. The molecule has 3 aromatic rings. The number of nitrogens with zero attached hydrogens (tertiary/aromatic N) is 4. The maximum absolute atomic E-state index is 13.0. The summed E-state index contributed by atoms with van der Waals surface area (Å²) < 4.78 is 1.72. The molecule has 0 bridgehead atoms. The van der Waals surface area contributed by atoms with Crippen LogP contribution < -0.4 is 0 Å². The van der Waals surface area contributed by atoms with Gasteiger partial charge in [0.2, 0.25) is 0 Å². The van der Waals surface area contributed by atoms with E-state index >= 15 is 0 Å². The smallest absolute Gasteiger partial charge is 0.254 e. The predicted molar refractivity (Wildman–Crippen MR) is 105 cm³/mol. The summed E-state index contributed by atoms with van der Waals surface area (Å²) in [5.41, 5.74) is 5.56. The van der Waals surface area contributed by atoms with E-state index in [1.807, 2.05) is 42.3 Å². The number of hydrogen-bond acceptors (Lipinski definition) is 3. The van der Waals surface area contributed by atoms with E-state index < -0.39 is 0 Å². The Kier molecular flexibility index (Phi) is 4.75. The zero-order valence-corrected chi connectivity index (χ0v) is 15.8. The summed E-state index contributed by atoms with van der Waals surface area (Å²) in [5.74, 6) is 0.0660. The molecule has 0 saturated heterocycles. The Morgan fingerprint density at radius 3 is 2.52 bits per heavy atom. The molecule has 0 spiro atoms. The number of carbonyl (C=O) groups is 1. The molecule has 0 saturated carbocycles. The van der Waals surface area contributed by atoms with Crippen LogP contribution in [0.25, 0.3) is 5.69 Å². The summed E-state index contributed by atoms with van der Waals surface area (Å²) in [6.45, 7) is 2.06. The van der Waals surface area contributed by atoms with Gasteiger partial charge in [0.25, 0.3) is 5.91 Å². The molecular formula is C22H24N4O. The fourth-order valence-corrected chi connectivity index (χ4v) is 3.72. The summed E-state index contributed by atoms with van der Waals surface area (Å²) in [7, 11) is 1.87. The van der Waals surface area contributed by atoms with E-state index in [2.05, 4.69) is 29.1 Å². The minimum atomic E-state index is -0.0154. The van der Waals surface area contributed by atoms with Gasteiger partial charge in [0.05, 0.1) is 11.7 Å². The largest absolute Gasteiger partial charge is 0.335 e. The molecule has 1 amide bonds. The van der Waals surface area contributed by atoms with Crippen molar-refractivity contribution in [3.8, 4) is 5.69 Å². The highest BCUT2D eigenvalue weighted by atomic mass is 16.2. The van der Waals surface area contributed by atoms with E-state index in [4.69, 9.17) is 0 Å². The normalized spacial score (nSPS) is 14.4. The van der Waals surface area contributed by atoms with Crippen LogP contribution in [0.1, 0.15) is 52.9 Å². The van der Waals surface area contributed by atoms with E-state index in [1.165, 1.54) is 30.3 Å². The van der Waals surface area contributed by atoms with Gasteiger partial charge < -0.3 is 4.90 Å². The van der Waals surface area contributed by atoms with Gasteiger partial charge in [-0.1, -0.05) is 18.2 Å². The van der Waals surface area contributed by atoms with Crippen LogP contribution in [-0.2, 0) is 12.8 Å². The topological polar surface area (TPSA) is 51.0 Å². The summed E-state index contributed by atoms with van der Waals surface area (Å²) in [4.78, 5) is 18.8. The average molecular weight is 360 g/mol. The minimum absolute atomic E-state index is 0.0154. The van der Waals surface area contributed by atoms with Gasteiger partial charge in [-0.05, 0) is 73.6 Å². The number of aromatic nitrogens is 3. The Hall–Kier alpha value is -2.95. The maximum Gasteiger partial charge on any atom is 0.254 e. The van der Waals surface area contributed by atoms with Crippen molar-refractivity contribution in [3.63, 3.8) is 0 Å². The van der Waals surface area contributed by atoms with Crippen LogP contribution in [-0.4, -0.2) is 32.6 Å². The van der Waals surface area contributed by atoms with Gasteiger partial charge in [-0.2, -0.15) is 5.10 Å². The van der Waals surface area contributed by atoms with Crippen molar-refractivity contribution in [2.45, 2.75) is 38.6 Å². The number of fused-ring (bicyclic) bond motifs is 1. The second-order valence-corrected chi connectivity index (χ2v) is 7.21. The molecule has 0 aliphatic heterocycles. The molecule has 27 heavy (non-hydrogen) atoms. The minimum Gasteiger partial charge on any atom is -0.335 e. The van der Waals surface area contributed by atoms with Gasteiger partial charge in [-0.25, -0.2) is 9.67 Å². The van der Waals surface area contributed by atoms with E-state index in [0.29, 0.717) is 0 Å². The third-order valence-corrected chi connectivity index (χ3v) is 5.56. The average Bonchev–Trinajstić information content (AvgIpc) is 3.27. The Morgan fingerprint density at radius 1 is 1.07 bits per heavy atom. The molecule has 1 heterocycles. The van der Waals surface area contributed by atoms with Gasteiger partial charge in [0.1, 0.15) is 12.7 Å². The first kappa shape index (κ1) is 17.5. The molecule has 2 aromatic carbocycles. The Labute approximate surface area is 159 Å². The van der Waals surface area contributed by atoms with Gasteiger partial charge >= 0.3 is 0 Å². The molecule has 0 fully saturated rings. The molecule has 5 nitrogen and oxygen atoms in total. The number of carbonyl (C=O) groups excluding carboxylic acids is 1. The van der Waals surface area contributed by atoms with Crippen LogP contribution in [0, 0.1) is 0 Å². The molecule has 0 radical (unpaired) electrons. The van der Waals surface area contributed by atoms with Crippen molar-refractivity contribution in [2.24, 2.45) is 0 Å². The van der Waals surface area contributed by atoms with E-state index in [0.717, 1.165) is 29.7 Å². The first-order chi connectivity index (χ1) is 13.1. The van der Waals surface area contributed by atoms with Crippen molar-refractivity contribution >= 4 is 5.91 Å². The summed E-state index contributed by atoms with van der Waals surface area (Å²) in [5, 5.41) is 4.14. The SMILES string of the molecule is CC(c1ccc(-n2cncn2)cc1)N(C)C(=O)c1ccc2c(c1)CCCC2. The molecule has 138 valence electrons. The first-order valence-corrected chi connectivity index (χ1v) is 9.47. The molecular weight excluding hydrogens is 336 g/mol. The van der Waals surface area contributed by atoms with Gasteiger partial charge in [0, 0.05) is 12.6 Å². The predicted octanol–water partition coefficient (Wildman–Crippen LogP) is 3.98. The lowest BCUT2D eigenvalue weighted by atomic mass is 9.90. The van der Waals surface area contributed by atoms with Crippen molar-refractivity contribution < 1.29 is 4.79 Å².